The van der Waals surface area contributed by atoms with Gasteiger partial charge in [-0.3, -0.25) is 0 Å². The second-order valence-electron chi connectivity index (χ2n) is 2.77. The number of hydrogen-bond donors (Lipinski definition) is 3. The fraction of sp³-hybridized carbons (Fsp3) is 0. The van der Waals surface area contributed by atoms with Crippen LogP contribution in [0.25, 0.3) is 0 Å². The molecule has 0 atom stereocenters. The van der Waals surface area contributed by atoms with E-state index in [0.29, 0.717) is 12.1 Å². The second kappa shape index (κ2) is 3.93. The Bertz CT molecular complexity index is 544. The molecular formula is C7H7F2N3O3S. The molecule has 2 amide bonds. The second-order valence-corrected chi connectivity index (χ2v) is 4.42. The van der Waals surface area contributed by atoms with Crippen molar-refractivity contribution in [3.8, 4) is 0 Å². The van der Waals surface area contributed by atoms with Gasteiger partial charge >= 0.3 is 6.03 Å². The topological polar surface area (TPSA) is 115 Å². The average Bonchev–Trinajstić information content (AvgIpc) is 2.08. The first-order valence-electron chi connectivity index (χ1n) is 3.81. The van der Waals surface area contributed by atoms with Crippen molar-refractivity contribution in [3.63, 3.8) is 0 Å². The molecule has 0 saturated heterocycles. The molecular weight excluding hydrogens is 244 g/mol. The lowest BCUT2D eigenvalue weighted by Crippen LogP contribution is -2.35. The largest absolute Gasteiger partial charge is 0.396 e. The lowest BCUT2D eigenvalue weighted by Gasteiger charge is -2.06. The standard InChI is InChI=1S/C7H7F2N3O3S/c8-3-1-4(9)6(2-5(3)10)16(14,15)12-7(11)13/h1-2H,10H2,(H3,11,12,13). The summed E-state index contributed by atoms with van der Waals surface area (Å²) in [4.78, 5) is 9.40. The molecule has 0 radical (unpaired) electrons. The van der Waals surface area contributed by atoms with Gasteiger partial charge in [-0.2, -0.15) is 0 Å². The van der Waals surface area contributed by atoms with Gasteiger partial charge in [0.2, 0.25) is 0 Å². The van der Waals surface area contributed by atoms with E-state index in [9.17, 15) is 22.0 Å². The number of amides is 2. The Labute approximate surface area is 89.3 Å². The molecule has 0 aliphatic carbocycles. The predicted octanol–water partition coefficient (Wildman–Crippen LogP) is -0.0960. The van der Waals surface area contributed by atoms with Crippen LogP contribution in [0.2, 0.25) is 0 Å². The molecule has 5 N–H and O–H groups in total. The van der Waals surface area contributed by atoms with E-state index in [1.54, 1.807) is 0 Å². The van der Waals surface area contributed by atoms with E-state index in [1.807, 2.05) is 0 Å². The minimum absolute atomic E-state index is 0.297. The summed E-state index contributed by atoms with van der Waals surface area (Å²) in [5.41, 5.74) is 9.08. The summed E-state index contributed by atoms with van der Waals surface area (Å²) in [6.45, 7) is 0. The van der Waals surface area contributed by atoms with Gasteiger partial charge in [-0.1, -0.05) is 0 Å². The maximum absolute atomic E-state index is 13.1. The van der Waals surface area contributed by atoms with Gasteiger partial charge in [0.25, 0.3) is 10.0 Å². The average molecular weight is 251 g/mol. The van der Waals surface area contributed by atoms with E-state index >= 15 is 0 Å². The molecule has 0 aromatic heterocycles. The van der Waals surface area contributed by atoms with Crippen LogP contribution in [0.4, 0.5) is 19.3 Å². The number of carbonyl (C=O) groups is 1. The number of nitrogens with two attached hydrogens (primary N) is 2. The lowest BCUT2D eigenvalue weighted by atomic mass is 10.3. The van der Waals surface area contributed by atoms with Crippen molar-refractivity contribution in [2.45, 2.75) is 4.90 Å². The first-order valence-corrected chi connectivity index (χ1v) is 5.29. The van der Waals surface area contributed by atoms with E-state index in [4.69, 9.17) is 5.73 Å². The van der Waals surface area contributed by atoms with E-state index in [2.05, 4.69) is 5.73 Å². The molecule has 16 heavy (non-hydrogen) atoms. The quantitative estimate of drug-likeness (QED) is 0.636. The number of anilines is 1. The number of carbonyl (C=O) groups excluding carboxylic acids is 1. The number of nitrogen functional groups attached to an aromatic ring is 1. The number of benzene rings is 1. The van der Waals surface area contributed by atoms with E-state index in [1.165, 1.54) is 4.72 Å². The van der Waals surface area contributed by atoms with Gasteiger partial charge < -0.3 is 11.5 Å². The van der Waals surface area contributed by atoms with Crippen molar-refractivity contribution >= 4 is 21.7 Å². The summed E-state index contributed by atoms with van der Waals surface area (Å²) in [6.07, 6.45) is 0. The van der Waals surface area contributed by atoms with Gasteiger partial charge in [-0.15, -0.1) is 0 Å². The van der Waals surface area contributed by atoms with Crippen molar-refractivity contribution in [3.05, 3.63) is 23.8 Å². The van der Waals surface area contributed by atoms with Crippen molar-refractivity contribution < 1.29 is 22.0 Å². The van der Waals surface area contributed by atoms with Crippen molar-refractivity contribution in [1.29, 1.82) is 0 Å². The van der Waals surface area contributed by atoms with E-state index < -0.39 is 38.3 Å². The van der Waals surface area contributed by atoms with Gasteiger partial charge in [-0.25, -0.2) is 26.7 Å². The van der Waals surface area contributed by atoms with Crippen LogP contribution in [0.15, 0.2) is 17.0 Å². The third kappa shape index (κ3) is 2.37. The van der Waals surface area contributed by atoms with Gasteiger partial charge in [0.05, 0.1) is 5.69 Å². The summed E-state index contributed by atoms with van der Waals surface area (Å²) in [5, 5.41) is 0. The zero-order chi connectivity index (χ0) is 12.5. The molecule has 9 heteroatoms. The minimum atomic E-state index is -4.48. The number of urea groups is 1. The van der Waals surface area contributed by atoms with E-state index in [-0.39, 0.29) is 0 Å². The predicted molar refractivity (Wildman–Crippen MR) is 50.7 cm³/mol. The first-order chi connectivity index (χ1) is 7.24. The molecule has 88 valence electrons. The van der Waals surface area contributed by atoms with Crippen LogP contribution in [0.5, 0.6) is 0 Å². The highest BCUT2D eigenvalue weighted by atomic mass is 32.2. The molecule has 0 aliphatic rings. The lowest BCUT2D eigenvalue weighted by molar-refractivity contribution is 0.253. The Hall–Kier alpha value is -1.90. The number of hydrogen-bond acceptors (Lipinski definition) is 4. The third-order valence-corrected chi connectivity index (χ3v) is 2.94. The molecule has 0 aliphatic heterocycles. The van der Waals surface area contributed by atoms with Crippen molar-refractivity contribution in [2.75, 3.05) is 5.73 Å². The molecule has 0 heterocycles. The number of halogens is 2. The number of primary amides is 1. The van der Waals surface area contributed by atoms with Crippen LogP contribution >= 0.6 is 0 Å². The van der Waals surface area contributed by atoms with E-state index in [0.717, 1.165) is 0 Å². The smallest absolute Gasteiger partial charge is 0.326 e. The fourth-order valence-corrected chi connectivity index (χ4v) is 1.91. The summed E-state index contributed by atoms with van der Waals surface area (Å²) in [5.74, 6) is -2.48. The van der Waals surface area contributed by atoms with Crippen molar-refractivity contribution in [2.24, 2.45) is 5.73 Å². The molecule has 0 fully saturated rings. The molecule has 6 nitrogen and oxygen atoms in total. The molecule has 0 unspecified atom stereocenters. The molecule has 0 spiro atoms. The molecule has 1 aromatic carbocycles. The Morgan fingerprint density at radius 1 is 1.25 bits per heavy atom. The Morgan fingerprint density at radius 2 is 1.81 bits per heavy atom. The van der Waals surface area contributed by atoms with Gasteiger partial charge in [0, 0.05) is 6.07 Å². The summed E-state index contributed by atoms with van der Waals surface area (Å²) in [6, 6.07) is -0.539. The monoisotopic (exact) mass is 251 g/mol. The van der Waals surface area contributed by atoms with Crippen LogP contribution in [0.3, 0.4) is 0 Å². The van der Waals surface area contributed by atoms with Gasteiger partial charge in [0.1, 0.15) is 16.5 Å². The number of nitrogens with one attached hydrogen (secondary N) is 1. The highest BCUT2D eigenvalue weighted by Crippen LogP contribution is 2.20. The van der Waals surface area contributed by atoms with Crippen LogP contribution in [-0.4, -0.2) is 14.4 Å². The zero-order valence-electron chi connectivity index (χ0n) is 7.70. The van der Waals surface area contributed by atoms with Crippen molar-refractivity contribution in [1.82, 2.24) is 4.72 Å². The maximum atomic E-state index is 13.1. The highest BCUT2D eigenvalue weighted by Gasteiger charge is 2.22. The number of sulfonamides is 1. The van der Waals surface area contributed by atoms with Gasteiger partial charge in [0.15, 0.2) is 0 Å². The Balaban J connectivity index is 3.34. The summed E-state index contributed by atoms with van der Waals surface area (Å²) >= 11 is 0. The first kappa shape index (κ1) is 12.2. The van der Waals surface area contributed by atoms with Crippen LogP contribution < -0.4 is 16.2 Å². The van der Waals surface area contributed by atoms with Crippen LogP contribution in [-0.2, 0) is 10.0 Å². The maximum Gasteiger partial charge on any atom is 0.326 e. The zero-order valence-corrected chi connectivity index (χ0v) is 8.51. The minimum Gasteiger partial charge on any atom is -0.396 e. The molecule has 0 bridgehead atoms. The highest BCUT2D eigenvalue weighted by molar-refractivity contribution is 7.90. The van der Waals surface area contributed by atoms with Crippen LogP contribution in [0, 0.1) is 11.6 Å². The van der Waals surface area contributed by atoms with Gasteiger partial charge in [-0.05, 0) is 6.07 Å². The Kier molecular flexibility index (Phi) is 2.99. The summed E-state index contributed by atoms with van der Waals surface area (Å²) < 4.78 is 49.8. The molecule has 1 aromatic rings. The molecule has 0 saturated carbocycles. The summed E-state index contributed by atoms with van der Waals surface area (Å²) in [7, 11) is -4.48. The number of rotatable bonds is 2. The normalized spacial score (nSPS) is 11.1. The van der Waals surface area contributed by atoms with Crippen LogP contribution in [0.1, 0.15) is 0 Å². The third-order valence-electron chi connectivity index (χ3n) is 1.58. The Morgan fingerprint density at radius 3 is 2.31 bits per heavy atom. The molecule has 1 rings (SSSR count). The fourth-order valence-electron chi connectivity index (χ4n) is 0.938. The SMILES string of the molecule is NC(=O)NS(=O)(=O)c1cc(N)c(F)cc1F.